The molecule has 1 fully saturated rings. The molecule has 0 radical (unpaired) electrons. The van der Waals surface area contributed by atoms with E-state index in [1.807, 2.05) is 0 Å². The molecule has 0 aliphatic carbocycles. The zero-order valence-electron chi connectivity index (χ0n) is 5.03. The van der Waals surface area contributed by atoms with Crippen LogP contribution in [0.1, 0.15) is 1.43 Å². The summed E-state index contributed by atoms with van der Waals surface area (Å²) < 4.78 is 22.8. The largest absolute Gasteiger partial charge is 1.00 e. The van der Waals surface area contributed by atoms with Gasteiger partial charge in [0, 0.05) is 0 Å². The molecule has 1 heterocycles. The average Bonchev–Trinajstić information content (AvgIpc) is 1.99. The molecule has 8 heavy (non-hydrogen) atoms. The Balaban J connectivity index is 0. The van der Waals surface area contributed by atoms with E-state index in [2.05, 4.69) is 21.4 Å². The minimum Gasteiger partial charge on any atom is -1.00 e. The first-order valence-electron chi connectivity index (χ1n) is 1.49. The van der Waals surface area contributed by atoms with Crippen LogP contribution in [0, 0.1) is 0 Å². The van der Waals surface area contributed by atoms with Crippen LogP contribution in [-0.4, -0.2) is 11.7 Å². The van der Waals surface area contributed by atoms with Gasteiger partial charge in [0.25, 0.3) is 0 Å². The van der Waals surface area contributed by atoms with Crippen molar-refractivity contribution in [3.05, 3.63) is 0 Å². The summed E-state index contributed by atoms with van der Waals surface area (Å²) in [5.41, 5.74) is 0. The van der Waals surface area contributed by atoms with Crippen molar-refractivity contribution in [1.82, 2.24) is 0 Å². The van der Waals surface area contributed by atoms with E-state index in [0.29, 0.717) is 0 Å². The van der Waals surface area contributed by atoms with Crippen molar-refractivity contribution in [2.45, 2.75) is 11.7 Å². The number of hydrogen-bond acceptors (Lipinski definition) is 2. The fourth-order valence-electron chi connectivity index (χ4n) is 0.137. The fourth-order valence-corrected chi connectivity index (χ4v) is 0.210. The Kier molecular flexibility index (Phi) is 3.14. The van der Waals surface area contributed by atoms with E-state index in [9.17, 15) is 8.78 Å². The molecule has 6 heteroatoms. The zero-order chi connectivity index (χ0) is 5.49. The van der Waals surface area contributed by atoms with Crippen LogP contribution in [0.15, 0.2) is 0 Å². The van der Waals surface area contributed by atoms with Crippen LogP contribution >= 0.6 is 11.6 Å². The quantitative estimate of drug-likeness (QED) is 0.193. The molecule has 0 bridgehead atoms. The SMILES string of the molecule is FC(F)(Cl)C1OO1.[H-].[Na+]. The Hall–Kier alpha value is 1.07. The van der Waals surface area contributed by atoms with Crippen LogP contribution in [0.25, 0.3) is 0 Å². The Labute approximate surface area is 72.8 Å². The molecule has 1 aliphatic heterocycles. The third-order valence-corrected chi connectivity index (χ3v) is 0.638. The molecule has 1 rings (SSSR count). The first-order chi connectivity index (χ1) is 3.11. The summed E-state index contributed by atoms with van der Waals surface area (Å²) in [5, 5.41) is -3.36. The summed E-state index contributed by atoms with van der Waals surface area (Å²) in [6.45, 7) is 0. The normalized spacial score (nSPS) is 19.9. The van der Waals surface area contributed by atoms with Crippen molar-refractivity contribution in [3.63, 3.8) is 0 Å². The third kappa shape index (κ3) is 2.57. The monoisotopic (exact) mass is 154 g/mol. The van der Waals surface area contributed by atoms with Gasteiger partial charge < -0.3 is 1.43 Å². The molecule has 0 amide bonds. The Morgan fingerprint density at radius 3 is 1.88 bits per heavy atom. The van der Waals surface area contributed by atoms with Crippen molar-refractivity contribution in [2.75, 3.05) is 0 Å². The minimum absolute atomic E-state index is 0. The average molecular weight is 154 g/mol. The second-order valence-electron chi connectivity index (χ2n) is 1.07. The second kappa shape index (κ2) is 2.77. The van der Waals surface area contributed by atoms with Gasteiger partial charge in [0.15, 0.2) is 0 Å². The molecule has 1 saturated heterocycles. The van der Waals surface area contributed by atoms with Gasteiger partial charge in [0.1, 0.15) is 0 Å². The molecule has 0 aromatic carbocycles. The maximum Gasteiger partial charge on any atom is 1.00 e. The van der Waals surface area contributed by atoms with Crippen LogP contribution < -0.4 is 29.6 Å². The molecular formula is C2H2ClF2NaO2. The second-order valence-corrected chi connectivity index (χ2v) is 1.57. The van der Waals surface area contributed by atoms with E-state index in [4.69, 9.17) is 0 Å². The van der Waals surface area contributed by atoms with Crippen LogP contribution in [-0.2, 0) is 9.78 Å². The van der Waals surface area contributed by atoms with Crippen LogP contribution in [0.5, 0.6) is 0 Å². The maximum absolute atomic E-state index is 11.4. The molecular weight excluding hydrogens is 152 g/mol. The predicted molar refractivity (Wildman–Crippen MR) is 17.9 cm³/mol. The summed E-state index contributed by atoms with van der Waals surface area (Å²) in [7, 11) is 0. The van der Waals surface area contributed by atoms with Crippen molar-refractivity contribution >= 4 is 11.6 Å². The van der Waals surface area contributed by atoms with Gasteiger partial charge in [0.2, 0.25) is 0 Å². The fraction of sp³-hybridized carbons (Fsp3) is 1.00. The molecule has 0 aromatic rings. The summed E-state index contributed by atoms with van der Waals surface area (Å²) >= 11 is 4.35. The van der Waals surface area contributed by atoms with Crippen molar-refractivity contribution < 1.29 is 49.5 Å². The van der Waals surface area contributed by atoms with Gasteiger partial charge >= 0.3 is 41.2 Å². The number of hydrogen-bond donors (Lipinski definition) is 0. The van der Waals surface area contributed by atoms with Crippen LogP contribution in [0.2, 0.25) is 0 Å². The number of rotatable bonds is 1. The summed E-state index contributed by atoms with van der Waals surface area (Å²) in [6.07, 6.45) is -1.52. The predicted octanol–water partition coefficient (Wildman–Crippen LogP) is -1.78. The van der Waals surface area contributed by atoms with E-state index in [0.717, 1.165) is 0 Å². The summed E-state index contributed by atoms with van der Waals surface area (Å²) in [5.74, 6) is 0. The topological polar surface area (TPSA) is 25.1 Å². The molecule has 0 spiro atoms. The Bertz CT molecular complexity index is 85.1. The standard InChI is InChI=1S/C2HClF2O2.Na.H/c3-2(4,5)1-6-7-1;;/h1H;;/q;+1;-1. The van der Waals surface area contributed by atoms with E-state index in [-0.39, 0.29) is 31.0 Å². The van der Waals surface area contributed by atoms with Gasteiger partial charge in [-0.2, -0.15) is 18.6 Å². The van der Waals surface area contributed by atoms with Crippen LogP contribution in [0.4, 0.5) is 8.78 Å². The molecule has 44 valence electrons. The number of alkyl halides is 3. The van der Waals surface area contributed by atoms with E-state index in [1.54, 1.807) is 0 Å². The number of halogens is 3. The molecule has 0 unspecified atom stereocenters. The van der Waals surface area contributed by atoms with Gasteiger partial charge in [0.05, 0.1) is 0 Å². The van der Waals surface area contributed by atoms with Gasteiger partial charge in [-0.1, -0.05) is 0 Å². The third-order valence-electron chi connectivity index (χ3n) is 0.460. The Morgan fingerprint density at radius 2 is 1.88 bits per heavy atom. The minimum atomic E-state index is -3.36. The van der Waals surface area contributed by atoms with Crippen molar-refractivity contribution in [3.8, 4) is 0 Å². The van der Waals surface area contributed by atoms with E-state index in [1.165, 1.54) is 0 Å². The smallest absolute Gasteiger partial charge is 1.00 e. The first kappa shape index (κ1) is 9.07. The van der Waals surface area contributed by atoms with Gasteiger partial charge in [-0.05, 0) is 11.6 Å². The van der Waals surface area contributed by atoms with Gasteiger partial charge in [-0.3, -0.25) is 0 Å². The van der Waals surface area contributed by atoms with Crippen molar-refractivity contribution in [2.24, 2.45) is 0 Å². The maximum atomic E-state index is 11.4. The van der Waals surface area contributed by atoms with E-state index >= 15 is 0 Å². The first-order valence-corrected chi connectivity index (χ1v) is 1.87. The van der Waals surface area contributed by atoms with Crippen molar-refractivity contribution in [1.29, 1.82) is 0 Å². The molecule has 0 saturated carbocycles. The Morgan fingerprint density at radius 1 is 1.50 bits per heavy atom. The molecule has 1 aliphatic rings. The summed E-state index contributed by atoms with van der Waals surface area (Å²) in [6, 6.07) is 0. The van der Waals surface area contributed by atoms with E-state index < -0.39 is 11.7 Å². The molecule has 0 aromatic heterocycles. The van der Waals surface area contributed by atoms with Crippen LogP contribution in [0.3, 0.4) is 0 Å². The zero-order valence-corrected chi connectivity index (χ0v) is 6.78. The van der Waals surface area contributed by atoms with Gasteiger partial charge in [-0.15, -0.1) is 0 Å². The molecule has 0 atom stereocenters. The van der Waals surface area contributed by atoms with Gasteiger partial charge in [-0.25, -0.2) is 0 Å². The summed E-state index contributed by atoms with van der Waals surface area (Å²) in [4.78, 5) is 7.38. The molecule has 0 N–H and O–H groups in total. The molecule has 2 nitrogen and oxygen atoms in total.